The highest BCUT2D eigenvalue weighted by atomic mass is 79.9. The second-order valence-electron chi connectivity index (χ2n) is 10.9. The number of halogens is 2. The van der Waals surface area contributed by atoms with E-state index >= 15 is 0 Å². The lowest BCUT2D eigenvalue weighted by Gasteiger charge is -2.34. The van der Waals surface area contributed by atoms with Crippen molar-refractivity contribution >= 4 is 43.5 Å². The first kappa shape index (κ1) is 35.6. The Morgan fingerprint density at radius 2 is 1.57 bits per heavy atom. The van der Waals surface area contributed by atoms with Crippen LogP contribution in [0.4, 0.5) is 10.1 Å². The van der Waals surface area contributed by atoms with E-state index in [2.05, 4.69) is 21.2 Å². The van der Waals surface area contributed by atoms with E-state index in [0.717, 1.165) is 57.0 Å². The number of rotatable bonds is 16. The van der Waals surface area contributed by atoms with Crippen LogP contribution in [0.3, 0.4) is 0 Å². The third kappa shape index (κ3) is 9.89. The summed E-state index contributed by atoms with van der Waals surface area (Å²) in [6, 6.07) is 26.6. The summed E-state index contributed by atoms with van der Waals surface area (Å²) in [5, 5.41) is 2.98. The summed E-state index contributed by atoms with van der Waals surface area (Å²) in [6.07, 6.45) is 1.86. The summed E-state index contributed by atoms with van der Waals surface area (Å²) in [4.78, 5) is 29.6. The fourth-order valence-electron chi connectivity index (χ4n) is 5.03. The van der Waals surface area contributed by atoms with E-state index in [1.54, 1.807) is 24.3 Å². The van der Waals surface area contributed by atoms with Gasteiger partial charge in [-0.2, -0.15) is 0 Å². The maximum Gasteiger partial charge on any atom is 0.264 e. The number of nitrogens with one attached hydrogen (secondary N) is 1. The van der Waals surface area contributed by atoms with Gasteiger partial charge >= 0.3 is 0 Å². The molecule has 0 spiro atoms. The van der Waals surface area contributed by atoms with Crippen LogP contribution in [-0.2, 0) is 32.6 Å². The lowest BCUT2D eigenvalue weighted by atomic mass is 10.0. The summed E-state index contributed by atoms with van der Waals surface area (Å²) in [7, 11) is -4.36. The van der Waals surface area contributed by atoms with E-state index in [-0.39, 0.29) is 29.5 Å². The number of carbonyl (C=O) groups excluding carboxylic acids is 2. The molecule has 4 aromatic rings. The van der Waals surface area contributed by atoms with Gasteiger partial charge in [0.25, 0.3) is 10.0 Å². The van der Waals surface area contributed by atoms with Gasteiger partial charge in [0.2, 0.25) is 11.8 Å². The zero-order valence-corrected chi connectivity index (χ0v) is 28.8. The molecule has 47 heavy (non-hydrogen) atoms. The van der Waals surface area contributed by atoms with Gasteiger partial charge in [-0.1, -0.05) is 71.7 Å². The average Bonchev–Trinajstić information content (AvgIpc) is 3.06. The standard InChI is InChI=1S/C36H39BrFN3O5S/c1-3-5-22-39-36(43)34(24-27-10-7-6-8-11-27)40(25-28-12-9-13-29(37)23-28)35(42)26-41(31-16-18-32(19-17-31)46-4-2)47(44,45)33-20-14-30(38)15-21-33/h6-21,23,34H,3-5,22,24-26H2,1-2H3,(H,39,43). The second kappa shape index (κ2) is 17.1. The number of amides is 2. The molecule has 4 rings (SSSR count). The minimum Gasteiger partial charge on any atom is -0.494 e. The summed E-state index contributed by atoms with van der Waals surface area (Å²) < 4.78 is 49.3. The third-order valence-corrected chi connectivity index (χ3v) is 9.74. The Bertz CT molecular complexity index is 1720. The average molecular weight is 725 g/mol. The van der Waals surface area contributed by atoms with Crippen molar-refractivity contribution in [2.45, 2.75) is 50.6 Å². The molecule has 248 valence electrons. The van der Waals surface area contributed by atoms with Gasteiger partial charge in [-0.15, -0.1) is 0 Å². The molecule has 8 nitrogen and oxygen atoms in total. The van der Waals surface area contributed by atoms with Crippen LogP contribution in [0.25, 0.3) is 0 Å². The Hall–Kier alpha value is -4.22. The Morgan fingerprint density at radius 3 is 2.21 bits per heavy atom. The quantitative estimate of drug-likeness (QED) is 0.129. The molecular formula is C36H39BrFN3O5S. The van der Waals surface area contributed by atoms with Gasteiger partial charge in [0.05, 0.1) is 17.2 Å². The second-order valence-corrected chi connectivity index (χ2v) is 13.7. The van der Waals surface area contributed by atoms with Crippen molar-refractivity contribution in [3.8, 4) is 5.75 Å². The summed E-state index contributed by atoms with van der Waals surface area (Å²) in [6.45, 7) is 4.15. The number of sulfonamides is 1. The van der Waals surface area contributed by atoms with Crippen molar-refractivity contribution < 1.29 is 27.1 Å². The van der Waals surface area contributed by atoms with Crippen LogP contribution in [0.15, 0.2) is 112 Å². The fourth-order valence-corrected chi connectivity index (χ4v) is 6.89. The smallest absolute Gasteiger partial charge is 0.264 e. The molecule has 0 fully saturated rings. The molecular weight excluding hydrogens is 685 g/mol. The number of ether oxygens (including phenoxy) is 1. The van der Waals surface area contributed by atoms with Gasteiger partial charge in [0, 0.05) is 24.0 Å². The zero-order chi connectivity index (χ0) is 33.8. The molecule has 2 amide bonds. The van der Waals surface area contributed by atoms with Crippen molar-refractivity contribution in [1.29, 1.82) is 0 Å². The molecule has 0 saturated heterocycles. The van der Waals surface area contributed by atoms with Gasteiger partial charge in [0.1, 0.15) is 24.2 Å². The van der Waals surface area contributed by atoms with E-state index in [9.17, 15) is 22.4 Å². The SMILES string of the molecule is CCCCNC(=O)C(Cc1ccccc1)N(Cc1cccc(Br)c1)C(=O)CN(c1ccc(OCC)cc1)S(=O)(=O)c1ccc(F)cc1. The summed E-state index contributed by atoms with van der Waals surface area (Å²) in [5.74, 6) is -0.980. The number of hydrogen-bond donors (Lipinski definition) is 1. The van der Waals surface area contributed by atoms with Crippen molar-refractivity contribution in [1.82, 2.24) is 10.2 Å². The van der Waals surface area contributed by atoms with Crippen LogP contribution < -0.4 is 14.4 Å². The van der Waals surface area contributed by atoms with Crippen LogP contribution in [0.5, 0.6) is 5.75 Å². The van der Waals surface area contributed by atoms with E-state index in [0.29, 0.717) is 18.9 Å². The fraction of sp³-hybridized carbons (Fsp3) is 0.278. The first-order valence-corrected chi connectivity index (χ1v) is 17.7. The lowest BCUT2D eigenvalue weighted by Crippen LogP contribution is -2.53. The van der Waals surface area contributed by atoms with Gasteiger partial charge in [-0.25, -0.2) is 12.8 Å². The van der Waals surface area contributed by atoms with Gasteiger partial charge in [-0.05, 0) is 85.1 Å². The monoisotopic (exact) mass is 723 g/mol. The zero-order valence-electron chi connectivity index (χ0n) is 26.4. The number of nitrogens with zero attached hydrogens (tertiary/aromatic N) is 2. The van der Waals surface area contributed by atoms with E-state index < -0.39 is 34.3 Å². The van der Waals surface area contributed by atoms with Gasteiger partial charge < -0.3 is 15.0 Å². The molecule has 1 atom stereocenters. The predicted molar refractivity (Wildman–Crippen MR) is 185 cm³/mol. The summed E-state index contributed by atoms with van der Waals surface area (Å²) in [5.41, 5.74) is 1.80. The molecule has 0 aliphatic heterocycles. The Balaban J connectivity index is 1.79. The van der Waals surface area contributed by atoms with Crippen LogP contribution >= 0.6 is 15.9 Å². The molecule has 1 unspecified atom stereocenters. The molecule has 0 saturated carbocycles. The Morgan fingerprint density at radius 1 is 0.894 bits per heavy atom. The normalized spacial score (nSPS) is 11.8. The van der Waals surface area contributed by atoms with Crippen LogP contribution in [0.1, 0.15) is 37.8 Å². The van der Waals surface area contributed by atoms with Crippen LogP contribution in [-0.4, -0.2) is 50.9 Å². The van der Waals surface area contributed by atoms with E-state index in [1.807, 2.05) is 68.4 Å². The maximum absolute atomic E-state index is 14.5. The van der Waals surface area contributed by atoms with Crippen molar-refractivity contribution in [2.24, 2.45) is 0 Å². The largest absolute Gasteiger partial charge is 0.494 e. The molecule has 0 aliphatic carbocycles. The number of hydrogen-bond acceptors (Lipinski definition) is 5. The lowest BCUT2D eigenvalue weighted by molar-refractivity contribution is -0.140. The molecule has 4 aromatic carbocycles. The highest BCUT2D eigenvalue weighted by Gasteiger charge is 2.34. The molecule has 0 radical (unpaired) electrons. The number of unbranched alkanes of at least 4 members (excludes halogenated alkanes) is 1. The molecule has 0 heterocycles. The van der Waals surface area contributed by atoms with Crippen molar-refractivity contribution in [2.75, 3.05) is 24.0 Å². The number of benzene rings is 4. The van der Waals surface area contributed by atoms with E-state index in [4.69, 9.17) is 4.74 Å². The summed E-state index contributed by atoms with van der Waals surface area (Å²) >= 11 is 3.49. The minimum absolute atomic E-state index is 0.0463. The highest BCUT2D eigenvalue weighted by Crippen LogP contribution is 2.27. The minimum atomic E-state index is -4.36. The predicted octanol–water partition coefficient (Wildman–Crippen LogP) is 6.74. The first-order chi connectivity index (χ1) is 22.6. The van der Waals surface area contributed by atoms with Gasteiger partial charge in [0.15, 0.2) is 0 Å². The molecule has 0 aromatic heterocycles. The molecule has 1 N–H and O–H groups in total. The Kier molecular flexibility index (Phi) is 12.9. The first-order valence-electron chi connectivity index (χ1n) is 15.5. The maximum atomic E-state index is 14.5. The number of carbonyl (C=O) groups is 2. The van der Waals surface area contributed by atoms with Crippen molar-refractivity contribution in [3.05, 3.63) is 125 Å². The third-order valence-electron chi connectivity index (χ3n) is 7.46. The van der Waals surface area contributed by atoms with E-state index in [1.165, 1.54) is 4.90 Å². The number of anilines is 1. The molecule has 11 heteroatoms. The van der Waals surface area contributed by atoms with Crippen LogP contribution in [0.2, 0.25) is 0 Å². The van der Waals surface area contributed by atoms with Gasteiger partial charge in [-0.3, -0.25) is 13.9 Å². The topological polar surface area (TPSA) is 96.0 Å². The molecule has 0 aliphatic rings. The van der Waals surface area contributed by atoms with Crippen LogP contribution in [0, 0.1) is 5.82 Å². The Labute approximate surface area is 284 Å². The van der Waals surface area contributed by atoms with Crippen molar-refractivity contribution in [3.63, 3.8) is 0 Å². The molecule has 0 bridgehead atoms. The highest BCUT2D eigenvalue weighted by molar-refractivity contribution is 9.10.